The molecule has 0 spiro atoms. The standard InChI is InChI=1S/C12H9NO2/c1-15-12(14)11-8-3-2-6-10(11)7-4-5-9-13/h2-3,6,8H,5H2,1H3. The van der Waals surface area contributed by atoms with Gasteiger partial charge in [0.15, 0.2) is 0 Å². The zero-order chi connectivity index (χ0) is 11.1. The Kier molecular flexibility index (Phi) is 3.94. The molecule has 1 rings (SSSR count). The number of nitrogens with zero attached hydrogens (tertiary/aromatic N) is 1. The van der Waals surface area contributed by atoms with Crippen molar-refractivity contribution in [2.24, 2.45) is 0 Å². The lowest BCUT2D eigenvalue weighted by atomic mass is 10.1. The van der Waals surface area contributed by atoms with Gasteiger partial charge in [-0.15, -0.1) is 0 Å². The van der Waals surface area contributed by atoms with Gasteiger partial charge in [0.2, 0.25) is 0 Å². The van der Waals surface area contributed by atoms with Gasteiger partial charge in [0, 0.05) is 5.56 Å². The first-order valence-electron chi connectivity index (χ1n) is 4.32. The fraction of sp³-hybridized carbons (Fsp3) is 0.167. The molecule has 3 heteroatoms. The van der Waals surface area contributed by atoms with Crippen LogP contribution in [0.3, 0.4) is 0 Å². The Morgan fingerprint density at radius 1 is 1.47 bits per heavy atom. The average Bonchev–Trinajstić information content (AvgIpc) is 2.29. The summed E-state index contributed by atoms with van der Waals surface area (Å²) in [5.41, 5.74) is 1.00. The van der Waals surface area contributed by atoms with E-state index in [1.54, 1.807) is 24.3 Å². The lowest BCUT2D eigenvalue weighted by molar-refractivity contribution is 0.0600. The van der Waals surface area contributed by atoms with Crippen molar-refractivity contribution in [3.63, 3.8) is 0 Å². The van der Waals surface area contributed by atoms with Crippen LogP contribution in [0, 0.1) is 23.2 Å². The predicted molar refractivity (Wildman–Crippen MR) is 54.9 cm³/mol. The molecular weight excluding hydrogens is 190 g/mol. The van der Waals surface area contributed by atoms with Gasteiger partial charge in [-0.3, -0.25) is 0 Å². The van der Waals surface area contributed by atoms with Crippen LogP contribution in [0.25, 0.3) is 0 Å². The summed E-state index contributed by atoms with van der Waals surface area (Å²) in [6.45, 7) is 0. The van der Waals surface area contributed by atoms with Gasteiger partial charge in [-0.1, -0.05) is 24.0 Å². The molecule has 0 heterocycles. The fourth-order valence-electron chi connectivity index (χ4n) is 1.06. The SMILES string of the molecule is COC(=O)c1ccccc1C#CCC#N. The third-order valence-electron chi connectivity index (χ3n) is 1.72. The largest absolute Gasteiger partial charge is 0.465 e. The number of ether oxygens (including phenoxy) is 1. The summed E-state index contributed by atoms with van der Waals surface area (Å²) in [7, 11) is 1.32. The lowest BCUT2D eigenvalue weighted by Crippen LogP contribution is -2.03. The van der Waals surface area contributed by atoms with Crippen LogP contribution in [-0.4, -0.2) is 13.1 Å². The number of hydrogen-bond acceptors (Lipinski definition) is 3. The highest BCUT2D eigenvalue weighted by Crippen LogP contribution is 2.08. The van der Waals surface area contributed by atoms with Crippen LogP contribution in [0.4, 0.5) is 0 Å². The van der Waals surface area contributed by atoms with Gasteiger partial charge in [0.05, 0.1) is 25.2 Å². The molecule has 0 unspecified atom stereocenters. The number of esters is 1. The average molecular weight is 199 g/mol. The van der Waals surface area contributed by atoms with Gasteiger partial charge in [-0.25, -0.2) is 4.79 Å². The summed E-state index contributed by atoms with van der Waals surface area (Å²) >= 11 is 0. The summed E-state index contributed by atoms with van der Waals surface area (Å²) in [5.74, 6) is 4.99. The predicted octanol–water partition coefficient (Wildman–Crippen LogP) is 1.74. The molecule has 15 heavy (non-hydrogen) atoms. The van der Waals surface area contributed by atoms with E-state index in [2.05, 4.69) is 16.6 Å². The molecule has 0 radical (unpaired) electrons. The maximum Gasteiger partial charge on any atom is 0.339 e. The van der Waals surface area contributed by atoms with Gasteiger partial charge >= 0.3 is 5.97 Å². The minimum absolute atomic E-state index is 0.148. The molecule has 0 saturated carbocycles. The van der Waals surface area contributed by atoms with E-state index in [0.29, 0.717) is 11.1 Å². The number of hydrogen-bond donors (Lipinski definition) is 0. The van der Waals surface area contributed by atoms with E-state index in [1.165, 1.54) is 7.11 Å². The molecule has 0 bridgehead atoms. The van der Waals surface area contributed by atoms with Crippen molar-refractivity contribution in [3.8, 4) is 17.9 Å². The molecule has 0 atom stereocenters. The highest BCUT2D eigenvalue weighted by molar-refractivity contribution is 5.92. The van der Waals surface area contributed by atoms with Crippen LogP contribution >= 0.6 is 0 Å². The van der Waals surface area contributed by atoms with Crippen molar-refractivity contribution in [3.05, 3.63) is 35.4 Å². The van der Waals surface area contributed by atoms with Gasteiger partial charge in [-0.05, 0) is 12.1 Å². The van der Waals surface area contributed by atoms with Crippen LogP contribution in [0.15, 0.2) is 24.3 Å². The number of carbonyl (C=O) groups is 1. The maximum atomic E-state index is 11.3. The van der Waals surface area contributed by atoms with Crippen molar-refractivity contribution in [1.29, 1.82) is 5.26 Å². The Balaban J connectivity index is 3.04. The third-order valence-corrected chi connectivity index (χ3v) is 1.72. The second-order valence-corrected chi connectivity index (χ2v) is 2.67. The van der Waals surface area contributed by atoms with Gasteiger partial charge in [-0.2, -0.15) is 5.26 Å². The molecule has 0 N–H and O–H groups in total. The van der Waals surface area contributed by atoms with Crippen molar-refractivity contribution < 1.29 is 9.53 Å². The van der Waals surface area contributed by atoms with Crippen molar-refractivity contribution in [2.45, 2.75) is 6.42 Å². The van der Waals surface area contributed by atoms with Gasteiger partial charge < -0.3 is 4.74 Å². The molecule has 1 aromatic rings. The smallest absolute Gasteiger partial charge is 0.339 e. The molecule has 3 nitrogen and oxygen atoms in total. The van der Waals surface area contributed by atoms with Gasteiger partial charge in [0.1, 0.15) is 0 Å². The highest BCUT2D eigenvalue weighted by atomic mass is 16.5. The van der Waals surface area contributed by atoms with Crippen LogP contribution in [0.2, 0.25) is 0 Å². The molecule has 0 aromatic heterocycles. The summed E-state index contributed by atoms with van der Waals surface area (Å²) < 4.78 is 4.61. The van der Waals surface area contributed by atoms with Crippen LogP contribution in [-0.2, 0) is 4.74 Å². The summed E-state index contributed by atoms with van der Waals surface area (Å²) in [6, 6.07) is 8.79. The van der Waals surface area contributed by atoms with E-state index in [9.17, 15) is 4.79 Å². The summed E-state index contributed by atoms with van der Waals surface area (Å²) in [4.78, 5) is 11.3. The first kappa shape index (κ1) is 10.8. The fourth-order valence-corrected chi connectivity index (χ4v) is 1.06. The minimum atomic E-state index is -0.420. The molecule has 0 saturated heterocycles. The van der Waals surface area contributed by atoms with Crippen molar-refractivity contribution in [1.82, 2.24) is 0 Å². The van der Waals surface area contributed by atoms with E-state index in [-0.39, 0.29) is 6.42 Å². The maximum absolute atomic E-state index is 11.3. The van der Waals surface area contributed by atoms with Crippen LogP contribution in [0.5, 0.6) is 0 Å². The Morgan fingerprint density at radius 2 is 2.20 bits per heavy atom. The lowest BCUT2D eigenvalue weighted by Gasteiger charge is -2.00. The monoisotopic (exact) mass is 199 g/mol. The Labute approximate surface area is 88.3 Å². The van der Waals surface area contributed by atoms with Gasteiger partial charge in [0.25, 0.3) is 0 Å². The van der Waals surface area contributed by atoms with Crippen LogP contribution in [0.1, 0.15) is 22.3 Å². The van der Waals surface area contributed by atoms with E-state index >= 15 is 0 Å². The number of carbonyl (C=O) groups excluding carboxylic acids is 1. The zero-order valence-electron chi connectivity index (χ0n) is 8.28. The molecule has 0 amide bonds. The first-order valence-corrected chi connectivity index (χ1v) is 4.32. The highest BCUT2D eigenvalue weighted by Gasteiger charge is 2.08. The van der Waals surface area contributed by atoms with E-state index in [4.69, 9.17) is 5.26 Å². The number of rotatable bonds is 1. The zero-order valence-corrected chi connectivity index (χ0v) is 8.28. The minimum Gasteiger partial charge on any atom is -0.465 e. The third kappa shape index (κ3) is 2.86. The van der Waals surface area contributed by atoms with Crippen LogP contribution < -0.4 is 0 Å². The van der Waals surface area contributed by atoms with E-state index in [0.717, 1.165) is 0 Å². The molecule has 0 aliphatic rings. The molecule has 0 fully saturated rings. The second kappa shape index (κ2) is 5.47. The van der Waals surface area contributed by atoms with Crippen molar-refractivity contribution in [2.75, 3.05) is 7.11 Å². The Hall–Kier alpha value is -2.26. The molecular formula is C12H9NO2. The number of nitriles is 1. The van der Waals surface area contributed by atoms with E-state index < -0.39 is 5.97 Å². The molecule has 0 aliphatic heterocycles. The summed E-state index contributed by atoms with van der Waals surface area (Å²) in [5, 5.41) is 8.32. The summed E-state index contributed by atoms with van der Waals surface area (Å²) in [6.07, 6.45) is 0.148. The number of methoxy groups -OCH3 is 1. The quantitative estimate of drug-likeness (QED) is 0.511. The molecule has 0 aliphatic carbocycles. The van der Waals surface area contributed by atoms with Crippen molar-refractivity contribution >= 4 is 5.97 Å². The molecule has 74 valence electrons. The first-order chi connectivity index (χ1) is 7.29. The normalized spacial score (nSPS) is 8.27. The van der Waals surface area contributed by atoms with E-state index in [1.807, 2.05) is 6.07 Å². The Morgan fingerprint density at radius 3 is 2.87 bits per heavy atom. The Bertz CT molecular complexity index is 460. The second-order valence-electron chi connectivity index (χ2n) is 2.67. The topological polar surface area (TPSA) is 50.1 Å². The number of benzene rings is 1. The molecule has 1 aromatic carbocycles.